The Bertz CT molecular complexity index is 138. The van der Waals surface area contributed by atoms with Crippen LogP contribution in [0.2, 0.25) is 0 Å². The van der Waals surface area contributed by atoms with Crippen molar-refractivity contribution >= 4 is 0 Å². The van der Waals surface area contributed by atoms with E-state index in [9.17, 15) is 0 Å². The summed E-state index contributed by atoms with van der Waals surface area (Å²) in [6, 6.07) is 0. The number of hydrogen-bond acceptors (Lipinski definition) is 2. The highest BCUT2D eigenvalue weighted by molar-refractivity contribution is 4.64. The largest absolute Gasteiger partial charge is 0.330 e. The molecule has 98 valence electrons. The minimum absolute atomic E-state index is 0.419. The lowest BCUT2D eigenvalue weighted by molar-refractivity contribution is 0.377. The van der Waals surface area contributed by atoms with E-state index in [0.29, 0.717) is 5.41 Å². The molecule has 0 saturated heterocycles. The molecule has 0 saturated carbocycles. The van der Waals surface area contributed by atoms with E-state index in [1.165, 1.54) is 51.5 Å². The van der Waals surface area contributed by atoms with Crippen molar-refractivity contribution in [1.29, 1.82) is 0 Å². The first-order valence-electron chi connectivity index (χ1n) is 6.97. The van der Waals surface area contributed by atoms with Gasteiger partial charge in [0.15, 0.2) is 0 Å². The van der Waals surface area contributed by atoms with Gasteiger partial charge in [-0.25, -0.2) is 0 Å². The minimum Gasteiger partial charge on any atom is -0.330 e. The first kappa shape index (κ1) is 15.9. The van der Waals surface area contributed by atoms with Crippen LogP contribution in [0.4, 0.5) is 0 Å². The molecule has 2 nitrogen and oxygen atoms in total. The Morgan fingerprint density at radius 2 is 1.31 bits per heavy atom. The summed E-state index contributed by atoms with van der Waals surface area (Å²) < 4.78 is 0. The zero-order valence-electron chi connectivity index (χ0n) is 11.6. The Balaban J connectivity index is 2.99. The molecule has 2 heteroatoms. The maximum atomic E-state index is 5.45. The Kier molecular flexibility index (Phi) is 10.0. The second-order valence-corrected chi connectivity index (χ2v) is 6.00. The van der Waals surface area contributed by atoms with E-state index in [2.05, 4.69) is 26.1 Å². The fourth-order valence-corrected chi connectivity index (χ4v) is 1.74. The Labute approximate surface area is 102 Å². The average Bonchev–Trinajstić information content (AvgIpc) is 2.19. The summed E-state index contributed by atoms with van der Waals surface area (Å²) >= 11 is 0. The van der Waals surface area contributed by atoms with E-state index < -0.39 is 0 Å². The number of unbranched alkanes of at least 4 members (excludes halogenated alkanes) is 6. The van der Waals surface area contributed by atoms with Crippen molar-refractivity contribution in [1.82, 2.24) is 5.32 Å². The maximum absolute atomic E-state index is 5.45. The molecule has 0 aliphatic heterocycles. The van der Waals surface area contributed by atoms with Gasteiger partial charge in [0.25, 0.3) is 0 Å². The molecule has 0 fully saturated rings. The van der Waals surface area contributed by atoms with Crippen molar-refractivity contribution in [3.05, 3.63) is 0 Å². The lowest BCUT2D eigenvalue weighted by Crippen LogP contribution is -2.27. The van der Waals surface area contributed by atoms with Crippen molar-refractivity contribution in [2.75, 3.05) is 19.6 Å². The van der Waals surface area contributed by atoms with Crippen LogP contribution in [0.1, 0.15) is 65.7 Å². The summed E-state index contributed by atoms with van der Waals surface area (Å²) in [5.74, 6) is 0. The molecule has 0 spiro atoms. The molecular formula is C14H32N2. The topological polar surface area (TPSA) is 38.0 Å². The molecular weight excluding hydrogens is 196 g/mol. The van der Waals surface area contributed by atoms with Crippen LogP contribution in [0.25, 0.3) is 0 Å². The van der Waals surface area contributed by atoms with Gasteiger partial charge in [0.1, 0.15) is 0 Å². The van der Waals surface area contributed by atoms with Crippen molar-refractivity contribution in [3.63, 3.8) is 0 Å². The zero-order valence-corrected chi connectivity index (χ0v) is 11.6. The third-order valence-corrected chi connectivity index (χ3v) is 2.71. The molecule has 3 N–H and O–H groups in total. The number of hydrogen-bond donors (Lipinski definition) is 2. The third kappa shape index (κ3) is 13.9. The summed E-state index contributed by atoms with van der Waals surface area (Å²) in [6.45, 7) is 9.99. The van der Waals surface area contributed by atoms with E-state index in [-0.39, 0.29) is 0 Å². The number of nitrogens with two attached hydrogens (primary N) is 1. The molecule has 0 aliphatic carbocycles. The molecule has 0 radical (unpaired) electrons. The molecule has 0 bridgehead atoms. The quantitative estimate of drug-likeness (QED) is 0.563. The van der Waals surface area contributed by atoms with Crippen molar-refractivity contribution in [2.24, 2.45) is 11.1 Å². The van der Waals surface area contributed by atoms with E-state index >= 15 is 0 Å². The van der Waals surface area contributed by atoms with Crippen molar-refractivity contribution < 1.29 is 0 Å². The van der Waals surface area contributed by atoms with E-state index in [1.54, 1.807) is 0 Å². The van der Waals surface area contributed by atoms with Gasteiger partial charge in [-0.1, -0.05) is 52.9 Å². The zero-order chi connectivity index (χ0) is 12.3. The normalized spacial score (nSPS) is 12.0. The molecule has 0 rings (SSSR count). The molecule has 0 heterocycles. The smallest absolute Gasteiger partial charge is 0.0000126 e. The monoisotopic (exact) mass is 228 g/mol. The van der Waals surface area contributed by atoms with Gasteiger partial charge < -0.3 is 11.1 Å². The molecule has 0 aromatic heterocycles. The van der Waals surface area contributed by atoms with Gasteiger partial charge in [0.05, 0.1) is 0 Å². The second-order valence-electron chi connectivity index (χ2n) is 6.00. The first-order valence-corrected chi connectivity index (χ1v) is 6.97. The lowest BCUT2D eigenvalue weighted by Gasteiger charge is -2.18. The fraction of sp³-hybridized carbons (Fsp3) is 1.00. The Hall–Kier alpha value is -0.0800. The number of nitrogens with one attached hydrogen (secondary N) is 1. The van der Waals surface area contributed by atoms with Gasteiger partial charge in [-0.2, -0.15) is 0 Å². The number of rotatable bonds is 10. The molecule has 16 heavy (non-hydrogen) atoms. The minimum atomic E-state index is 0.419. The second kappa shape index (κ2) is 10.1. The van der Waals surface area contributed by atoms with Gasteiger partial charge in [-0.05, 0) is 37.9 Å². The van der Waals surface area contributed by atoms with Crippen molar-refractivity contribution in [3.8, 4) is 0 Å². The highest BCUT2D eigenvalue weighted by Crippen LogP contribution is 2.10. The van der Waals surface area contributed by atoms with Gasteiger partial charge in [0.2, 0.25) is 0 Å². The highest BCUT2D eigenvalue weighted by Gasteiger charge is 2.07. The molecule has 0 aromatic carbocycles. The van der Waals surface area contributed by atoms with Crippen LogP contribution in [-0.2, 0) is 0 Å². The van der Waals surface area contributed by atoms with Gasteiger partial charge >= 0.3 is 0 Å². The molecule has 0 aliphatic rings. The van der Waals surface area contributed by atoms with Crippen LogP contribution in [0.3, 0.4) is 0 Å². The van der Waals surface area contributed by atoms with Crippen LogP contribution in [0.15, 0.2) is 0 Å². The summed E-state index contributed by atoms with van der Waals surface area (Å²) in [7, 11) is 0. The average molecular weight is 228 g/mol. The van der Waals surface area contributed by atoms with Gasteiger partial charge in [-0.3, -0.25) is 0 Å². The lowest BCUT2D eigenvalue weighted by atomic mass is 9.97. The van der Waals surface area contributed by atoms with Gasteiger partial charge in [0, 0.05) is 0 Å². The molecule has 0 unspecified atom stereocenters. The van der Waals surface area contributed by atoms with Crippen LogP contribution < -0.4 is 11.1 Å². The predicted octanol–water partition coefficient (Wildman–Crippen LogP) is 3.31. The summed E-state index contributed by atoms with van der Waals surface area (Å²) in [5, 5.41) is 3.52. The molecule has 0 aromatic rings. The standard InChI is InChI=1S/C14H32N2/c1-14(2,3)13-16-12-10-8-6-4-5-7-9-11-15/h16H,4-13,15H2,1-3H3. The van der Waals surface area contributed by atoms with Crippen LogP contribution in [0.5, 0.6) is 0 Å². The highest BCUT2D eigenvalue weighted by atomic mass is 14.9. The van der Waals surface area contributed by atoms with Crippen LogP contribution in [-0.4, -0.2) is 19.6 Å². The molecule has 0 atom stereocenters. The summed E-state index contributed by atoms with van der Waals surface area (Å²) in [4.78, 5) is 0. The van der Waals surface area contributed by atoms with E-state index in [1.807, 2.05) is 0 Å². The third-order valence-electron chi connectivity index (χ3n) is 2.71. The summed E-state index contributed by atoms with van der Waals surface area (Å²) in [6.07, 6.45) is 9.37. The van der Waals surface area contributed by atoms with Crippen molar-refractivity contribution in [2.45, 2.75) is 65.7 Å². The fourth-order valence-electron chi connectivity index (χ4n) is 1.74. The van der Waals surface area contributed by atoms with Crippen LogP contribution in [0, 0.1) is 5.41 Å². The molecule has 0 amide bonds. The van der Waals surface area contributed by atoms with Crippen LogP contribution >= 0.6 is 0 Å². The maximum Gasteiger partial charge on any atom is -0.0000126 e. The summed E-state index contributed by atoms with van der Waals surface area (Å²) in [5.41, 5.74) is 5.87. The Morgan fingerprint density at radius 1 is 0.812 bits per heavy atom. The van der Waals surface area contributed by atoms with E-state index in [0.717, 1.165) is 13.1 Å². The van der Waals surface area contributed by atoms with E-state index in [4.69, 9.17) is 5.73 Å². The first-order chi connectivity index (χ1) is 7.56. The predicted molar refractivity (Wildman–Crippen MR) is 73.7 cm³/mol. The van der Waals surface area contributed by atoms with Gasteiger partial charge in [-0.15, -0.1) is 0 Å². The Morgan fingerprint density at radius 3 is 1.81 bits per heavy atom. The SMILES string of the molecule is CC(C)(C)CNCCCCCCCCCN.